The zero-order chi connectivity index (χ0) is 9.97. The third-order valence-electron chi connectivity index (χ3n) is 3.29. The van der Waals surface area contributed by atoms with E-state index in [0.717, 1.165) is 26.2 Å². The summed E-state index contributed by atoms with van der Waals surface area (Å²) < 4.78 is 0. The summed E-state index contributed by atoms with van der Waals surface area (Å²) in [5.41, 5.74) is 0. The van der Waals surface area contributed by atoms with E-state index in [4.69, 9.17) is 5.26 Å². The molecule has 0 aromatic heterocycles. The molecular formula is C10H18N4. The van der Waals surface area contributed by atoms with Gasteiger partial charge in [0.2, 0.25) is 0 Å². The molecule has 0 aliphatic carbocycles. The van der Waals surface area contributed by atoms with Crippen molar-refractivity contribution in [2.45, 2.75) is 19.0 Å². The lowest BCUT2D eigenvalue weighted by atomic mass is 10.0. The molecule has 2 aliphatic heterocycles. The maximum Gasteiger partial charge on any atom is 0.0950 e. The molecule has 78 valence electrons. The van der Waals surface area contributed by atoms with Gasteiger partial charge in [-0.15, -0.1) is 0 Å². The van der Waals surface area contributed by atoms with Crippen molar-refractivity contribution in [3.63, 3.8) is 0 Å². The molecule has 14 heavy (non-hydrogen) atoms. The van der Waals surface area contributed by atoms with Gasteiger partial charge in [0.1, 0.15) is 0 Å². The molecule has 2 fully saturated rings. The van der Waals surface area contributed by atoms with Gasteiger partial charge in [-0.3, -0.25) is 9.80 Å². The van der Waals surface area contributed by atoms with Crippen molar-refractivity contribution in [2.75, 3.05) is 39.3 Å². The maximum atomic E-state index is 8.75. The van der Waals surface area contributed by atoms with Crippen LogP contribution in [-0.2, 0) is 0 Å². The van der Waals surface area contributed by atoms with Gasteiger partial charge < -0.3 is 5.32 Å². The minimum atomic E-state index is 0.0918. The maximum absolute atomic E-state index is 8.75. The summed E-state index contributed by atoms with van der Waals surface area (Å²) in [6.45, 7) is 8.70. The second-order valence-electron chi connectivity index (χ2n) is 4.20. The first-order valence-corrected chi connectivity index (χ1v) is 5.39. The van der Waals surface area contributed by atoms with E-state index in [1.165, 1.54) is 13.1 Å². The minimum Gasteiger partial charge on any atom is -0.314 e. The summed E-state index contributed by atoms with van der Waals surface area (Å²) in [5.74, 6) is 0. The normalized spacial score (nSPS) is 28.0. The fourth-order valence-corrected chi connectivity index (χ4v) is 2.16. The Labute approximate surface area is 85.5 Å². The van der Waals surface area contributed by atoms with E-state index < -0.39 is 0 Å². The van der Waals surface area contributed by atoms with Crippen LogP contribution in [0.25, 0.3) is 0 Å². The summed E-state index contributed by atoms with van der Waals surface area (Å²) in [6.07, 6.45) is 0. The van der Waals surface area contributed by atoms with Crippen molar-refractivity contribution in [2.24, 2.45) is 0 Å². The quantitative estimate of drug-likeness (QED) is 0.643. The van der Waals surface area contributed by atoms with E-state index >= 15 is 0 Å². The smallest absolute Gasteiger partial charge is 0.0950 e. The highest BCUT2D eigenvalue weighted by Crippen LogP contribution is 2.17. The van der Waals surface area contributed by atoms with Crippen LogP contribution in [0.5, 0.6) is 0 Å². The van der Waals surface area contributed by atoms with Gasteiger partial charge in [-0.25, -0.2) is 0 Å². The van der Waals surface area contributed by atoms with Gasteiger partial charge in [-0.1, -0.05) is 0 Å². The van der Waals surface area contributed by atoms with Gasteiger partial charge in [0.05, 0.1) is 12.1 Å². The minimum absolute atomic E-state index is 0.0918. The van der Waals surface area contributed by atoms with Crippen molar-refractivity contribution in [3.8, 4) is 6.07 Å². The van der Waals surface area contributed by atoms with Crippen LogP contribution in [0.1, 0.15) is 6.92 Å². The number of nitriles is 1. The SMILES string of the molecule is CC(C#N)N1CC(N2CCNCC2)C1. The van der Waals surface area contributed by atoms with Crippen LogP contribution >= 0.6 is 0 Å². The van der Waals surface area contributed by atoms with Crippen LogP contribution in [0, 0.1) is 11.3 Å². The highest BCUT2D eigenvalue weighted by Gasteiger charge is 2.34. The molecule has 0 aromatic rings. The molecule has 0 aromatic carbocycles. The van der Waals surface area contributed by atoms with Crippen molar-refractivity contribution in [1.82, 2.24) is 15.1 Å². The summed E-state index contributed by atoms with van der Waals surface area (Å²) in [5, 5.41) is 12.1. The number of hydrogen-bond donors (Lipinski definition) is 1. The molecule has 0 saturated carbocycles. The van der Waals surface area contributed by atoms with Crippen LogP contribution in [-0.4, -0.2) is 61.2 Å². The van der Waals surface area contributed by atoms with Crippen LogP contribution in [0.2, 0.25) is 0 Å². The first-order valence-electron chi connectivity index (χ1n) is 5.39. The number of nitrogens with one attached hydrogen (secondary N) is 1. The highest BCUT2D eigenvalue weighted by molar-refractivity contribution is 4.98. The molecule has 1 unspecified atom stereocenters. The predicted octanol–water partition coefficient (Wildman–Crippen LogP) is -0.512. The second-order valence-corrected chi connectivity index (χ2v) is 4.20. The third-order valence-corrected chi connectivity index (χ3v) is 3.29. The summed E-state index contributed by atoms with van der Waals surface area (Å²) in [6, 6.07) is 3.08. The molecule has 2 saturated heterocycles. The number of nitrogens with zero attached hydrogens (tertiary/aromatic N) is 3. The molecular weight excluding hydrogens is 176 g/mol. The van der Waals surface area contributed by atoms with Gasteiger partial charge in [0.25, 0.3) is 0 Å². The first-order chi connectivity index (χ1) is 6.81. The molecule has 1 atom stereocenters. The Morgan fingerprint density at radius 1 is 1.36 bits per heavy atom. The lowest BCUT2D eigenvalue weighted by molar-refractivity contribution is 0.0166. The van der Waals surface area contributed by atoms with Gasteiger partial charge in [-0.2, -0.15) is 5.26 Å². The Balaban J connectivity index is 1.74. The highest BCUT2D eigenvalue weighted by atomic mass is 15.3. The van der Waals surface area contributed by atoms with E-state index in [1.54, 1.807) is 0 Å². The molecule has 0 amide bonds. The van der Waals surface area contributed by atoms with E-state index in [2.05, 4.69) is 21.2 Å². The fourth-order valence-electron chi connectivity index (χ4n) is 2.16. The second kappa shape index (κ2) is 4.26. The van der Waals surface area contributed by atoms with Crippen molar-refractivity contribution >= 4 is 0 Å². The molecule has 0 radical (unpaired) electrons. The standard InChI is InChI=1S/C10H18N4/c1-9(6-11)14-7-10(8-14)13-4-2-12-3-5-13/h9-10,12H,2-5,7-8H2,1H3. The Kier molecular flexibility index (Phi) is 3.02. The lowest BCUT2D eigenvalue weighted by Crippen LogP contribution is -2.64. The van der Waals surface area contributed by atoms with Crippen LogP contribution in [0.3, 0.4) is 0 Å². The lowest BCUT2D eigenvalue weighted by Gasteiger charge is -2.47. The van der Waals surface area contributed by atoms with Gasteiger partial charge in [-0.05, 0) is 6.92 Å². The van der Waals surface area contributed by atoms with Gasteiger partial charge in [0.15, 0.2) is 0 Å². The average Bonchev–Trinajstić information content (AvgIpc) is 2.17. The zero-order valence-corrected chi connectivity index (χ0v) is 8.74. The predicted molar refractivity (Wildman–Crippen MR) is 54.9 cm³/mol. The molecule has 2 rings (SSSR count). The fraction of sp³-hybridized carbons (Fsp3) is 0.900. The molecule has 4 nitrogen and oxygen atoms in total. The van der Waals surface area contributed by atoms with E-state index in [9.17, 15) is 0 Å². The summed E-state index contributed by atoms with van der Waals surface area (Å²) >= 11 is 0. The molecule has 0 bridgehead atoms. The average molecular weight is 194 g/mol. The molecule has 4 heteroatoms. The number of likely N-dealkylation sites (tertiary alicyclic amines) is 1. The monoisotopic (exact) mass is 194 g/mol. The Morgan fingerprint density at radius 2 is 2.00 bits per heavy atom. The molecule has 1 N–H and O–H groups in total. The van der Waals surface area contributed by atoms with Crippen molar-refractivity contribution in [1.29, 1.82) is 5.26 Å². The van der Waals surface area contributed by atoms with Crippen LogP contribution in [0.15, 0.2) is 0 Å². The molecule has 0 spiro atoms. The Morgan fingerprint density at radius 3 is 2.57 bits per heavy atom. The van der Waals surface area contributed by atoms with Gasteiger partial charge >= 0.3 is 0 Å². The topological polar surface area (TPSA) is 42.3 Å². The number of piperazine rings is 1. The Hall–Kier alpha value is -0.630. The van der Waals surface area contributed by atoms with E-state index in [1.807, 2.05) is 6.92 Å². The zero-order valence-electron chi connectivity index (χ0n) is 8.74. The van der Waals surface area contributed by atoms with Crippen LogP contribution < -0.4 is 5.32 Å². The van der Waals surface area contributed by atoms with Crippen LogP contribution in [0.4, 0.5) is 0 Å². The van der Waals surface area contributed by atoms with Crippen molar-refractivity contribution < 1.29 is 0 Å². The Bertz CT molecular complexity index is 223. The summed E-state index contributed by atoms with van der Waals surface area (Å²) in [7, 11) is 0. The third kappa shape index (κ3) is 1.90. The molecule has 2 heterocycles. The summed E-state index contributed by atoms with van der Waals surface area (Å²) in [4.78, 5) is 4.78. The van der Waals surface area contributed by atoms with E-state index in [-0.39, 0.29) is 6.04 Å². The first kappa shape index (κ1) is 9.91. The van der Waals surface area contributed by atoms with E-state index in [0.29, 0.717) is 6.04 Å². The number of hydrogen-bond acceptors (Lipinski definition) is 4. The number of rotatable bonds is 2. The van der Waals surface area contributed by atoms with Crippen molar-refractivity contribution in [3.05, 3.63) is 0 Å². The molecule has 2 aliphatic rings. The largest absolute Gasteiger partial charge is 0.314 e. The van der Waals surface area contributed by atoms with Gasteiger partial charge in [0, 0.05) is 45.3 Å².